The zero-order valence-electron chi connectivity index (χ0n) is 12.9. The maximum Gasteiger partial charge on any atom is 0.203 e. The van der Waals surface area contributed by atoms with Gasteiger partial charge in [0.1, 0.15) is 6.61 Å². The predicted octanol–water partition coefficient (Wildman–Crippen LogP) is 2.24. The molecule has 0 aromatic heterocycles. The molecule has 1 atom stereocenters. The molecule has 0 aliphatic rings. The van der Waals surface area contributed by atoms with E-state index in [-0.39, 0.29) is 6.04 Å². The first-order chi connectivity index (χ1) is 10.7. The van der Waals surface area contributed by atoms with Crippen molar-refractivity contribution in [3.05, 3.63) is 53.6 Å². The molecule has 118 valence electrons. The molecule has 0 radical (unpaired) electrons. The third-order valence-electron chi connectivity index (χ3n) is 3.39. The number of rotatable bonds is 7. The number of methoxy groups -OCH3 is 2. The maximum atomic E-state index is 6.01. The van der Waals surface area contributed by atoms with Crippen molar-refractivity contribution in [3.63, 3.8) is 0 Å². The molecule has 4 N–H and O–H groups in total. The van der Waals surface area contributed by atoms with Crippen LogP contribution < -0.4 is 25.7 Å². The van der Waals surface area contributed by atoms with Crippen molar-refractivity contribution in [2.45, 2.75) is 12.6 Å². The van der Waals surface area contributed by atoms with Crippen LogP contribution in [0.15, 0.2) is 42.5 Å². The molecule has 0 saturated carbocycles. The lowest BCUT2D eigenvalue weighted by molar-refractivity contribution is 0.275. The Morgan fingerprint density at radius 2 is 1.68 bits per heavy atom. The first-order valence-corrected chi connectivity index (χ1v) is 7.07. The summed E-state index contributed by atoms with van der Waals surface area (Å²) in [5.74, 6) is 1.71. The van der Waals surface area contributed by atoms with Gasteiger partial charge in [-0.25, -0.2) is 0 Å². The van der Waals surface area contributed by atoms with Crippen LogP contribution >= 0.6 is 0 Å². The van der Waals surface area contributed by atoms with E-state index in [1.54, 1.807) is 14.2 Å². The zero-order chi connectivity index (χ0) is 15.9. The van der Waals surface area contributed by atoms with Crippen LogP contribution in [0, 0.1) is 0 Å². The fourth-order valence-corrected chi connectivity index (χ4v) is 2.14. The Bertz CT molecular complexity index is 602. The molecule has 5 nitrogen and oxygen atoms in total. The van der Waals surface area contributed by atoms with E-state index >= 15 is 0 Å². The van der Waals surface area contributed by atoms with Crippen LogP contribution in [0.4, 0.5) is 0 Å². The van der Waals surface area contributed by atoms with Gasteiger partial charge in [0, 0.05) is 12.6 Å². The van der Waals surface area contributed by atoms with Crippen LogP contribution in [0.3, 0.4) is 0 Å². The second-order valence-electron chi connectivity index (χ2n) is 4.87. The fraction of sp³-hybridized carbons (Fsp3) is 0.294. The van der Waals surface area contributed by atoms with E-state index in [1.807, 2.05) is 42.5 Å². The van der Waals surface area contributed by atoms with Crippen LogP contribution in [0.25, 0.3) is 0 Å². The average Bonchev–Trinajstić information content (AvgIpc) is 2.59. The summed E-state index contributed by atoms with van der Waals surface area (Å²) in [5, 5.41) is 0. The van der Waals surface area contributed by atoms with Crippen molar-refractivity contribution in [1.29, 1.82) is 0 Å². The van der Waals surface area contributed by atoms with Crippen molar-refractivity contribution in [1.82, 2.24) is 0 Å². The molecule has 22 heavy (non-hydrogen) atoms. The second-order valence-corrected chi connectivity index (χ2v) is 4.87. The molecule has 5 heteroatoms. The quantitative estimate of drug-likeness (QED) is 0.820. The molecule has 0 aliphatic heterocycles. The average molecular weight is 302 g/mol. The molecule has 0 aliphatic carbocycles. The SMILES string of the molecule is COc1cc(C(N)CN)cc(OCc2ccccc2)c1OC. The van der Waals surface area contributed by atoms with Crippen molar-refractivity contribution < 1.29 is 14.2 Å². The molecular formula is C17H22N2O3. The number of ether oxygens (including phenoxy) is 3. The van der Waals surface area contributed by atoms with Gasteiger partial charge >= 0.3 is 0 Å². The molecule has 0 heterocycles. The van der Waals surface area contributed by atoms with Crippen molar-refractivity contribution >= 4 is 0 Å². The number of hydrogen-bond donors (Lipinski definition) is 2. The molecular weight excluding hydrogens is 280 g/mol. The van der Waals surface area contributed by atoms with E-state index in [4.69, 9.17) is 25.7 Å². The fourth-order valence-electron chi connectivity index (χ4n) is 2.14. The lowest BCUT2D eigenvalue weighted by atomic mass is 10.1. The predicted molar refractivity (Wildman–Crippen MR) is 86.3 cm³/mol. The third kappa shape index (κ3) is 3.69. The standard InChI is InChI=1S/C17H22N2O3/c1-20-15-8-13(14(19)10-18)9-16(17(15)21-2)22-11-12-6-4-3-5-7-12/h3-9,14H,10-11,18-19H2,1-2H3. The van der Waals surface area contributed by atoms with Gasteiger partial charge in [0.15, 0.2) is 11.5 Å². The second kappa shape index (κ2) is 7.68. The Morgan fingerprint density at radius 3 is 2.27 bits per heavy atom. The molecule has 0 saturated heterocycles. The summed E-state index contributed by atoms with van der Waals surface area (Å²) >= 11 is 0. The Balaban J connectivity index is 2.30. The molecule has 0 amide bonds. The zero-order valence-corrected chi connectivity index (χ0v) is 12.9. The van der Waals surface area contributed by atoms with Crippen molar-refractivity contribution in [2.24, 2.45) is 11.5 Å². The van der Waals surface area contributed by atoms with Crippen LogP contribution in [0.5, 0.6) is 17.2 Å². The molecule has 2 rings (SSSR count). The smallest absolute Gasteiger partial charge is 0.203 e. The number of nitrogens with two attached hydrogens (primary N) is 2. The minimum atomic E-state index is -0.279. The van der Waals surface area contributed by atoms with E-state index in [2.05, 4.69) is 0 Å². The largest absolute Gasteiger partial charge is 0.493 e. The molecule has 1 unspecified atom stereocenters. The molecule has 0 spiro atoms. The topological polar surface area (TPSA) is 79.7 Å². The highest BCUT2D eigenvalue weighted by molar-refractivity contribution is 5.54. The Labute approximate surface area is 130 Å². The van der Waals surface area contributed by atoms with Gasteiger partial charge in [-0.1, -0.05) is 30.3 Å². The van der Waals surface area contributed by atoms with Crippen LogP contribution in [-0.2, 0) is 6.61 Å². The van der Waals surface area contributed by atoms with E-state index < -0.39 is 0 Å². The normalized spacial score (nSPS) is 11.8. The van der Waals surface area contributed by atoms with E-state index in [1.165, 1.54) is 0 Å². The Kier molecular flexibility index (Phi) is 5.63. The van der Waals surface area contributed by atoms with E-state index in [0.717, 1.165) is 11.1 Å². The van der Waals surface area contributed by atoms with E-state index in [0.29, 0.717) is 30.4 Å². The molecule has 0 bridgehead atoms. The summed E-state index contributed by atoms with van der Waals surface area (Å²) in [6.45, 7) is 0.773. The van der Waals surface area contributed by atoms with Gasteiger partial charge in [-0.3, -0.25) is 0 Å². The van der Waals surface area contributed by atoms with Gasteiger partial charge in [-0.2, -0.15) is 0 Å². The van der Waals surface area contributed by atoms with Gasteiger partial charge in [0.2, 0.25) is 5.75 Å². The summed E-state index contributed by atoms with van der Waals surface area (Å²) in [4.78, 5) is 0. The first kappa shape index (κ1) is 16.1. The minimum absolute atomic E-state index is 0.279. The Hall–Kier alpha value is -2.24. The number of hydrogen-bond acceptors (Lipinski definition) is 5. The molecule has 2 aromatic rings. The van der Waals surface area contributed by atoms with Gasteiger partial charge < -0.3 is 25.7 Å². The third-order valence-corrected chi connectivity index (χ3v) is 3.39. The van der Waals surface area contributed by atoms with Crippen LogP contribution in [0.2, 0.25) is 0 Å². The van der Waals surface area contributed by atoms with Crippen molar-refractivity contribution in [3.8, 4) is 17.2 Å². The summed E-state index contributed by atoms with van der Waals surface area (Å²) in [6, 6.07) is 13.3. The van der Waals surface area contributed by atoms with Crippen LogP contribution in [0.1, 0.15) is 17.2 Å². The summed E-state index contributed by atoms with van der Waals surface area (Å²) < 4.78 is 16.7. The molecule has 2 aromatic carbocycles. The van der Waals surface area contributed by atoms with Gasteiger partial charge in [-0.15, -0.1) is 0 Å². The monoisotopic (exact) mass is 302 g/mol. The minimum Gasteiger partial charge on any atom is -0.493 e. The Morgan fingerprint density at radius 1 is 1.00 bits per heavy atom. The van der Waals surface area contributed by atoms with E-state index in [9.17, 15) is 0 Å². The highest BCUT2D eigenvalue weighted by atomic mass is 16.5. The van der Waals surface area contributed by atoms with Crippen LogP contribution in [-0.4, -0.2) is 20.8 Å². The van der Waals surface area contributed by atoms with Gasteiger partial charge in [-0.05, 0) is 23.3 Å². The molecule has 0 fully saturated rings. The van der Waals surface area contributed by atoms with Crippen molar-refractivity contribution in [2.75, 3.05) is 20.8 Å². The maximum absolute atomic E-state index is 6.01. The summed E-state index contributed by atoms with van der Waals surface area (Å²) in [6.07, 6.45) is 0. The highest BCUT2D eigenvalue weighted by Gasteiger charge is 2.16. The lowest BCUT2D eigenvalue weighted by Crippen LogP contribution is -2.20. The van der Waals surface area contributed by atoms with Gasteiger partial charge in [0.25, 0.3) is 0 Å². The van der Waals surface area contributed by atoms with Gasteiger partial charge in [0.05, 0.1) is 14.2 Å². The highest BCUT2D eigenvalue weighted by Crippen LogP contribution is 2.39. The number of benzene rings is 2. The summed E-state index contributed by atoms with van der Waals surface area (Å²) in [5.41, 5.74) is 13.6. The first-order valence-electron chi connectivity index (χ1n) is 7.07. The summed E-state index contributed by atoms with van der Waals surface area (Å²) in [7, 11) is 3.16. The lowest BCUT2D eigenvalue weighted by Gasteiger charge is -2.18.